The van der Waals surface area contributed by atoms with Gasteiger partial charge in [0.1, 0.15) is 5.75 Å². The number of rotatable bonds is 6. The maximum Gasteiger partial charge on any atom is 0.255 e. The monoisotopic (exact) mass is 371 g/mol. The molecule has 6 nitrogen and oxygen atoms in total. The van der Waals surface area contributed by atoms with Gasteiger partial charge in [0.15, 0.2) is 5.11 Å². The van der Waals surface area contributed by atoms with Crippen molar-refractivity contribution in [3.8, 4) is 5.75 Å². The summed E-state index contributed by atoms with van der Waals surface area (Å²) in [4.78, 5) is 23.2. The third-order valence-corrected chi connectivity index (χ3v) is 3.48. The fourth-order valence-electron chi connectivity index (χ4n) is 2.08. The average molecular weight is 371 g/mol. The van der Waals surface area contributed by atoms with Crippen molar-refractivity contribution in [2.24, 2.45) is 0 Å². The van der Waals surface area contributed by atoms with Crippen LogP contribution in [-0.4, -0.2) is 23.5 Å². The molecule has 0 saturated heterocycles. The van der Waals surface area contributed by atoms with Gasteiger partial charge >= 0.3 is 0 Å². The minimum Gasteiger partial charge on any atom is -0.494 e. The van der Waals surface area contributed by atoms with Crippen LogP contribution < -0.4 is 20.7 Å². The first-order valence-electron chi connectivity index (χ1n) is 8.21. The van der Waals surface area contributed by atoms with E-state index < -0.39 is 0 Å². The Balaban J connectivity index is 1.92. The number of carbonyl (C=O) groups is 2. The number of ether oxygens (including phenoxy) is 1. The van der Waals surface area contributed by atoms with Crippen molar-refractivity contribution in [3.63, 3.8) is 0 Å². The number of benzene rings is 2. The quantitative estimate of drug-likeness (QED) is 0.677. The highest BCUT2D eigenvalue weighted by Gasteiger charge is 2.07. The van der Waals surface area contributed by atoms with Crippen molar-refractivity contribution < 1.29 is 14.3 Å². The number of anilines is 2. The van der Waals surface area contributed by atoms with E-state index in [9.17, 15) is 9.59 Å². The van der Waals surface area contributed by atoms with Crippen LogP contribution in [0.1, 0.15) is 30.6 Å². The molecule has 0 spiro atoms. The van der Waals surface area contributed by atoms with E-state index in [2.05, 4.69) is 16.0 Å². The lowest BCUT2D eigenvalue weighted by Gasteiger charge is -2.10. The Morgan fingerprint density at radius 1 is 0.962 bits per heavy atom. The number of nitrogens with one attached hydrogen (secondary N) is 3. The molecule has 2 rings (SSSR count). The lowest BCUT2D eigenvalue weighted by atomic mass is 10.2. The van der Waals surface area contributed by atoms with Crippen LogP contribution in [0.3, 0.4) is 0 Å². The van der Waals surface area contributed by atoms with Gasteiger partial charge in [-0.2, -0.15) is 0 Å². The first kappa shape index (κ1) is 19.4. The summed E-state index contributed by atoms with van der Waals surface area (Å²) >= 11 is 4.99. The van der Waals surface area contributed by atoms with Crippen LogP contribution in [0.5, 0.6) is 5.75 Å². The van der Waals surface area contributed by atoms with Gasteiger partial charge in [0, 0.05) is 23.9 Å². The van der Waals surface area contributed by atoms with Crippen LogP contribution in [0.4, 0.5) is 11.4 Å². The second-order valence-corrected chi connectivity index (χ2v) is 5.95. The molecule has 0 aliphatic carbocycles. The molecule has 26 heavy (non-hydrogen) atoms. The molecule has 0 aliphatic heterocycles. The second kappa shape index (κ2) is 9.53. The molecule has 2 amide bonds. The normalized spacial score (nSPS) is 9.92. The van der Waals surface area contributed by atoms with Gasteiger partial charge in [0.2, 0.25) is 5.91 Å². The van der Waals surface area contributed by atoms with Crippen molar-refractivity contribution in [1.82, 2.24) is 5.32 Å². The largest absolute Gasteiger partial charge is 0.494 e. The van der Waals surface area contributed by atoms with Crippen LogP contribution >= 0.6 is 12.2 Å². The highest BCUT2D eigenvalue weighted by molar-refractivity contribution is 7.80. The molecule has 0 aliphatic rings. The van der Waals surface area contributed by atoms with Gasteiger partial charge in [-0.05, 0) is 67.2 Å². The molecule has 0 unspecified atom stereocenters. The molecule has 136 valence electrons. The van der Waals surface area contributed by atoms with E-state index >= 15 is 0 Å². The molecule has 0 bridgehead atoms. The lowest BCUT2D eigenvalue weighted by Crippen LogP contribution is -2.32. The maximum absolute atomic E-state index is 12.3. The van der Waals surface area contributed by atoms with Crippen molar-refractivity contribution in [1.29, 1.82) is 0 Å². The summed E-state index contributed by atoms with van der Waals surface area (Å²) in [6.45, 7) is 4.07. The van der Waals surface area contributed by atoms with Crippen LogP contribution in [0.25, 0.3) is 0 Å². The van der Waals surface area contributed by atoms with Crippen LogP contribution in [-0.2, 0) is 4.79 Å². The summed E-state index contributed by atoms with van der Waals surface area (Å²) in [6, 6.07) is 14.0. The first-order valence-corrected chi connectivity index (χ1v) is 8.61. The second-order valence-electron chi connectivity index (χ2n) is 5.54. The molecular formula is C19H21N3O3S. The standard InChI is InChI=1S/C19H21N3O3S/c1-3-12-25-17-10-4-14(5-11-17)18(24)21-15-6-8-16(9-7-15)22-19(26)20-13(2)23/h4-11H,3,12H2,1-2H3,(H,21,24)(H2,20,22,23,26). The fraction of sp³-hybridized carbons (Fsp3) is 0.211. The summed E-state index contributed by atoms with van der Waals surface area (Å²) in [5.74, 6) is 0.299. The Hall–Kier alpha value is -2.93. The Bertz CT molecular complexity index is 774. The predicted molar refractivity (Wildman–Crippen MR) is 107 cm³/mol. The molecule has 7 heteroatoms. The third-order valence-electron chi connectivity index (χ3n) is 3.28. The van der Waals surface area contributed by atoms with E-state index in [1.807, 2.05) is 6.92 Å². The summed E-state index contributed by atoms with van der Waals surface area (Å²) < 4.78 is 5.50. The number of amides is 2. The third kappa shape index (κ3) is 6.18. The minimum atomic E-state index is -0.238. The van der Waals surface area contributed by atoms with E-state index in [1.165, 1.54) is 6.92 Å². The van der Waals surface area contributed by atoms with Crippen molar-refractivity contribution in [2.45, 2.75) is 20.3 Å². The number of carbonyl (C=O) groups excluding carboxylic acids is 2. The van der Waals surface area contributed by atoms with Crippen LogP contribution in [0.15, 0.2) is 48.5 Å². The van der Waals surface area contributed by atoms with Gasteiger partial charge in [-0.15, -0.1) is 0 Å². The predicted octanol–water partition coefficient (Wildman–Crippen LogP) is 3.56. The zero-order chi connectivity index (χ0) is 18.9. The molecule has 2 aromatic carbocycles. The molecular weight excluding hydrogens is 350 g/mol. The highest BCUT2D eigenvalue weighted by Crippen LogP contribution is 2.16. The van der Waals surface area contributed by atoms with Gasteiger partial charge in [-0.3, -0.25) is 9.59 Å². The van der Waals surface area contributed by atoms with E-state index in [0.29, 0.717) is 23.5 Å². The van der Waals surface area contributed by atoms with Gasteiger partial charge in [-0.1, -0.05) is 6.92 Å². The van der Waals surface area contributed by atoms with Crippen LogP contribution in [0, 0.1) is 0 Å². The molecule has 0 heterocycles. The molecule has 0 radical (unpaired) electrons. The van der Waals surface area contributed by atoms with E-state index in [4.69, 9.17) is 17.0 Å². The van der Waals surface area contributed by atoms with Crippen molar-refractivity contribution in [3.05, 3.63) is 54.1 Å². The zero-order valence-corrected chi connectivity index (χ0v) is 15.5. The van der Waals surface area contributed by atoms with Gasteiger partial charge in [-0.25, -0.2) is 0 Å². The molecule has 2 aromatic rings. The van der Waals surface area contributed by atoms with Crippen molar-refractivity contribution >= 4 is 40.5 Å². The summed E-state index contributed by atoms with van der Waals surface area (Å²) in [6.07, 6.45) is 0.933. The average Bonchev–Trinajstić information content (AvgIpc) is 2.61. The van der Waals surface area contributed by atoms with E-state index in [1.54, 1.807) is 48.5 Å². The number of hydrogen-bond donors (Lipinski definition) is 3. The molecule has 0 saturated carbocycles. The molecule has 0 aromatic heterocycles. The maximum atomic E-state index is 12.3. The Labute approximate surface area is 157 Å². The van der Waals surface area contributed by atoms with E-state index in [-0.39, 0.29) is 16.9 Å². The zero-order valence-electron chi connectivity index (χ0n) is 14.7. The summed E-state index contributed by atoms with van der Waals surface area (Å²) in [5.41, 5.74) is 1.90. The number of thiocarbonyl (C=S) groups is 1. The SMILES string of the molecule is CCCOc1ccc(C(=O)Nc2ccc(NC(=S)NC(C)=O)cc2)cc1. The van der Waals surface area contributed by atoms with Gasteiger partial charge in [0.25, 0.3) is 5.91 Å². The molecule has 0 atom stereocenters. The van der Waals surface area contributed by atoms with Gasteiger partial charge < -0.3 is 20.7 Å². The van der Waals surface area contributed by atoms with E-state index in [0.717, 1.165) is 12.2 Å². The smallest absolute Gasteiger partial charge is 0.255 e. The van der Waals surface area contributed by atoms with Gasteiger partial charge in [0.05, 0.1) is 6.61 Å². The fourth-order valence-corrected chi connectivity index (χ4v) is 2.35. The van der Waals surface area contributed by atoms with Crippen molar-refractivity contribution in [2.75, 3.05) is 17.2 Å². The Morgan fingerprint density at radius 3 is 2.08 bits per heavy atom. The van der Waals surface area contributed by atoms with Crippen LogP contribution in [0.2, 0.25) is 0 Å². The topological polar surface area (TPSA) is 79.5 Å². The molecule has 0 fully saturated rings. The highest BCUT2D eigenvalue weighted by atomic mass is 32.1. The number of hydrogen-bond acceptors (Lipinski definition) is 4. The Morgan fingerprint density at radius 2 is 1.54 bits per heavy atom. The summed E-state index contributed by atoms with van der Waals surface area (Å²) in [5, 5.41) is 8.40. The molecule has 3 N–H and O–H groups in total. The summed E-state index contributed by atoms with van der Waals surface area (Å²) in [7, 11) is 0. The first-order chi connectivity index (χ1) is 12.5. The minimum absolute atomic E-state index is 0.207. The Kier molecular flexibility index (Phi) is 7.11. The lowest BCUT2D eigenvalue weighted by molar-refractivity contribution is -0.117.